The van der Waals surface area contributed by atoms with Crippen LogP contribution in [0.3, 0.4) is 0 Å². The van der Waals surface area contributed by atoms with Crippen LogP contribution >= 0.6 is 43.6 Å². The van der Waals surface area contributed by atoms with E-state index >= 15 is 0 Å². The molecule has 1 amide bonds. The van der Waals surface area contributed by atoms with Gasteiger partial charge in [-0.1, -0.05) is 30.0 Å². The number of hydrogen-bond acceptors (Lipinski definition) is 5. The summed E-state index contributed by atoms with van der Waals surface area (Å²) in [5, 5.41) is 3.26. The Bertz CT molecular complexity index is 1210. The average molecular weight is 605 g/mol. The minimum Gasteiger partial charge on any atom is -0.351 e. The standard InChI is InChI=1S/C20H23Br2N5O3S2/c1-25(2)32(29,30)27-14(13-24-20(27)31-15-9-5-4-6-10-15)8-7-11-23-19(28)17-12-16(21)18(22)26(17)3/h4-6,9-10,12-13H,7-8,11H2,1-3H3,(H,23,28). The Kier molecular flexibility index (Phi) is 8.26. The van der Waals surface area contributed by atoms with E-state index in [1.165, 1.54) is 34.1 Å². The van der Waals surface area contributed by atoms with Gasteiger partial charge in [0.05, 0.1) is 21.0 Å². The number of halogens is 2. The normalized spacial score (nSPS) is 11.8. The van der Waals surface area contributed by atoms with E-state index in [-0.39, 0.29) is 5.91 Å². The fourth-order valence-corrected chi connectivity index (χ4v) is 5.92. The summed E-state index contributed by atoms with van der Waals surface area (Å²) in [6.45, 7) is 0.396. The van der Waals surface area contributed by atoms with Gasteiger partial charge in [0, 0.05) is 32.6 Å². The molecule has 0 aliphatic rings. The number of carbonyl (C=O) groups excluding carboxylic acids is 1. The quantitative estimate of drug-likeness (QED) is 0.374. The summed E-state index contributed by atoms with van der Waals surface area (Å²) in [5.74, 6) is -0.200. The van der Waals surface area contributed by atoms with Gasteiger partial charge in [0.15, 0.2) is 5.16 Å². The molecule has 0 aliphatic carbocycles. The fourth-order valence-electron chi connectivity index (χ4n) is 2.92. The van der Waals surface area contributed by atoms with Gasteiger partial charge in [0.25, 0.3) is 5.91 Å². The van der Waals surface area contributed by atoms with Gasteiger partial charge in [0.1, 0.15) is 5.69 Å². The van der Waals surface area contributed by atoms with Gasteiger partial charge in [-0.05, 0) is 62.9 Å². The fraction of sp³-hybridized carbons (Fsp3) is 0.300. The van der Waals surface area contributed by atoms with E-state index in [1.54, 1.807) is 23.9 Å². The van der Waals surface area contributed by atoms with Crippen LogP contribution in [-0.2, 0) is 23.7 Å². The maximum Gasteiger partial charge on any atom is 0.309 e. The highest BCUT2D eigenvalue weighted by atomic mass is 79.9. The van der Waals surface area contributed by atoms with Crippen molar-refractivity contribution in [2.45, 2.75) is 22.9 Å². The first-order valence-electron chi connectivity index (χ1n) is 9.64. The zero-order valence-electron chi connectivity index (χ0n) is 17.7. The second kappa shape index (κ2) is 10.6. The SMILES string of the molecule is CN(C)S(=O)(=O)n1c(CCCNC(=O)c2cc(Br)c(Br)n2C)cnc1Sc1ccccc1. The molecule has 3 rings (SSSR count). The average Bonchev–Trinajstić information content (AvgIpc) is 3.27. The van der Waals surface area contributed by atoms with Crippen LogP contribution in [0.1, 0.15) is 22.6 Å². The number of carbonyl (C=O) groups is 1. The number of aryl methyl sites for hydroxylation is 1. The Morgan fingerprint density at radius 1 is 1.22 bits per heavy atom. The minimum absolute atomic E-state index is 0.200. The number of imidazole rings is 1. The summed E-state index contributed by atoms with van der Waals surface area (Å²) in [6.07, 6.45) is 2.58. The largest absolute Gasteiger partial charge is 0.351 e. The van der Waals surface area contributed by atoms with E-state index in [1.807, 2.05) is 30.3 Å². The Morgan fingerprint density at radius 2 is 1.91 bits per heavy atom. The van der Waals surface area contributed by atoms with Crippen molar-refractivity contribution in [3.05, 3.63) is 63.1 Å². The highest BCUT2D eigenvalue weighted by Crippen LogP contribution is 2.29. The highest BCUT2D eigenvalue weighted by molar-refractivity contribution is 9.13. The number of amides is 1. The Hall–Kier alpha value is -1.60. The molecule has 0 radical (unpaired) electrons. The summed E-state index contributed by atoms with van der Waals surface area (Å²) in [6, 6.07) is 11.2. The summed E-state index contributed by atoms with van der Waals surface area (Å²) >= 11 is 8.09. The molecule has 3 aromatic rings. The third-order valence-corrected chi connectivity index (χ3v) is 9.63. The molecule has 1 N–H and O–H groups in total. The molecule has 2 aromatic heterocycles. The molecule has 0 spiro atoms. The molecule has 1 aromatic carbocycles. The van der Waals surface area contributed by atoms with Gasteiger partial charge < -0.3 is 9.88 Å². The predicted molar refractivity (Wildman–Crippen MR) is 132 cm³/mol. The van der Waals surface area contributed by atoms with Gasteiger partial charge in [-0.25, -0.2) is 8.96 Å². The molecule has 0 unspecified atom stereocenters. The zero-order valence-corrected chi connectivity index (χ0v) is 22.6. The number of nitrogens with one attached hydrogen (secondary N) is 1. The van der Waals surface area contributed by atoms with Crippen LogP contribution in [0.15, 0.2) is 61.7 Å². The number of rotatable bonds is 9. The van der Waals surface area contributed by atoms with Crippen LogP contribution in [0.25, 0.3) is 0 Å². The molecule has 32 heavy (non-hydrogen) atoms. The van der Waals surface area contributed by atoms with E-state index in [0.717, 1.165) is 14.0 Å². The van der Waals surface area contributed by atoms with Crippen molar-refractivity contribution in [1.82, 2.24) is 23.1 Å². The first kappa shape index (κ1) is 25.0. The molecule has 0 saturated carbocycles. The third-order valence-electron chi connectivity index (χ3n) is 4.65. The first-order chi connectivity index (χ1) is 15.1. The van der Waals surface area contributed by atoms with E-state index in [2.05, 4.69) is 42.2 Å². The molecule has 0 bridgehead atoms. The molecular formula is C20H23Br2N5O3S2. The molecule has 0 aliphatic heterocycles. The smallest absolute Gasteiger partial charge is 0.309 e. The molecule has 0 atom stereocenters. The second-order valence-corrected chi connectivity index (χ2v) is 11.7. The molecule has 12 heteroatoms. The van der Waals surface area contributed by atoms with Gasteiger partial charge >= 0.3 is 10.2 Å². The third kappa shape index (κ3) is 5.48. The Balaban J connectivity index is 1.72. The predicted octanol–water partition coefficient (Wildman–Crippen LogP) is 3.91. The monoisotopic (exact) mass is 603 g/mol. The van der Waals surface area contributed by atoms with Crippen LogP contribution in [-0.4, -0.2) is 52.8 Å². The molecule has 0 fully saturated rings. The lowest BCUT2D eigenvalue weighted by molar-refractivity contribution is 0.0945. The summed E-state index contributed by atoms with van der Waals surface area (Å²) in [7, 11) is 1.02. The van der Waals surface area contributed by atoms with E-state index < -0.39 is 10.2 Å². The highest BCUT2D eigenvalue weighted by Gasteiger charge is 2.25. The maximum atomic E-state index is 13.0. The van der Waals surface area contributed by atoms with Crippen molar-refractivity contribution in [2.75, 3.05) is 20.6 Å². The summed E-state index contributed by atoms with van der Waals surface area (Å²) in [4.78, 5) is 17.7. The van der Waals surface area contributed by atoms with E-state index in [0.29, 0.717) is 35.9 Å². The molecule has 2 heterocycles. The van der Waals surface area contributed by atoms with Crippen molar-refractivity contribution < 1.29 is 13.2 Å². The summed E-state index contributed by atoms with van der Waals surface area (Å²) in [5.41, 5.74) is 1.08. The zero-order chi connectivity index (χ0) is 23.5. The Morgan fingerprint density at radius 3 is 2.50 bits per heavy atom. The Labute approximate surface area is 208 Å². The first-order valence-corrected chi connectivity index (χ1v) is 13.4. The van der Waals surface area contributed by atoms with Gasteiger partial charge in [-0.2, -0.15) is 12.7 Å². The van der Waals surface area contributed by atoms with Gasteiger partial charge in [-0.3, -0.25) is 4.79 Å². The second-order valence-electron chi connectivity index (χ2n) is 7.09. The van der Waals surface area contributed by atoms with Gasteiger partial charge in [0.2, 0.25) is 0 Å². The molecule has 0 saturated heterocycles. The molecule has 8 nitrogen and oxygen atoms in total. The van der Waals surface area contributed by atoms with Crippen LogP contribution in [0.4, 0.5) is 0 Å². The van der Waals surface area contributed by atoms with Gasteiger partial charge in [-0.15, -0.1) is 0 Å². The maximum absolute atomic E-state index is 13.0. The van der Waals surface area contributed by atoms with Crippen molar-refractivity contribution in [2.24, 2.45) is 7.05 Å². The number of nitrogens with zero attached hydrogens (tertiary/aromatic N) is 4. The van der Waals surface area contributed by atoms with Crippen molar-refractivity contribution in [1.29, 1.82) is 0 Å². The van der Waals surface area contributed by atoms with Crippen molar-refractivity contribution in [3.8, 4) is 0 Å². The minimum atomic E-state index is -3.75. The van der Waals surface area contributed by atoms with Crippen LogP contribution in [0.5, 0.6) is 0 Å². The number of benzene rings is 1. The lowest BCUT2D eigenvalue weighted by Gasteiger charge is -2.17. The van der Waals surface area contributed by atoms with Crippen LogP contribution in [0.2, 0.25) is 0 Å². The number of aromatic nitrogens is 3. The lowest BCUT2D eigenvalue weighted by atomic mass is 10.2. The van der Waals surface area contributed by atoms with Crippen LogP contribution < -0.4 is 5.32 Å². The van der Waals surface area contributed by atoms with Crippen molar-refractivity contribution >= 4 is 59.7 Å². The summed E-state index contributed by atoms with van der Waals surface area (Å²) < 4.78 is 31.7. The van der Waals surface area contributed by atoms with Crippen LogP contribution in [0, 0.1) is 0 Å². The topological polar surface area (TPSA) is 89.2 Å². The van der Waals surface area contributed by atoms with E-state index in [9.17, 15) is 13.2 Å². The molecular weight excluding hydrogens is 582 g/mol. The van der Waals surface area contributed by atoms with E-state index in [4.69, 9.17) is 0 Å². The van der Waals surface area contributed by atoms with Crippen molar-refractivity contribution in [3.63, 3.8) is 0 Å². The number of hydrogen-bond donors (Lipinski definition) is 1. The lowest BCUT2D eigenvalue weighted by Crippen LogP contribution is -2.31. The molecule has 172 valence electrons.